The van der Waals surface area contributed by atoms with E-state index in [0.29, 0.717) is 0 Å². The summed E-state index contributed by atoms with van der Waals surface area (Å²) in [6, 6.07) is -2.20. The van der Waals surface area contributed by atoms with E-state index >= 15 is 0 Å². The Morgan fingerprint density at radius 2 is 1.91 bits per heavy atom. The molecule has 0 radical (unpaired) electrons. The van der Waals surface area contributed by atoms with E-state index in [-0.39, 0.29) is 18.6 Å². The average molecular weight is 331 g/mol. The Balaban J connectivity index is 4.47. The molecule has 9 nitrogen and oxygen atoms in total. The summed E-state index contributed by atoms with van der Waals surface area (Å²) in [5.74, 6) is -3.67. The summed E-state index contributed by atoms with van der Waals surface area (Å²) in [6.07, 6.45) is 4.78. The zero-order chi connectivity index (χ0) is 17.1. The third kappa shape index (κ3) is 8.83. The second kappa shape index (κ2) is 10.5. The number of thioether (sulfide) groups is 1. The molecule has 2 unspecified atom stereocenters. The molecule has 0 spiro atoms. The van der Waals surface area contributed by atoms with Gasteiger partial charge in [0.05, 0.1) is 0 Å². The van der Waals surface area contributed by atoms with Gasteiger partial charge in [-0.25, -0.2) is 0 Å². The molecule has 0 saturated carbocycles. The highest BCUT2D eigenvalue weighted by atomic mass is 32.2. The molecule has 0 heterocycles. The molecule has 6 N–H and O–H groups in total. The predicted molar refractivity (Wildman–Crippen MR) is 78.7 cm³/mol. The quantitative estimate of drug-likeness (QED) is 0.293. The first-order chi connectivity index (χ1) is 10.3. The van der Waals surface area contributed by atoms with Gasteiger partial charge in [0.15, 0.2) is 0 Å². The average Bonchev–Trinajstić information content (AvgIpc) is 2.46. The van der Waals surface area contributed by atoms with E-state index in [1.165, 1.54) is 0 Å². The third-order valence-corrected chi connectivity index (χ3v) is 3.07. The number of carbonyl (C=O) groups is 4. The lowest BCUT2D eigenvalue weighted by molar-refractivity contribution is -0.139. The standard InChI is InChI=1S/C12H17N3O6S/c1-2-22-6-8(11(19)14-5-10(17)18)15-9(16)4-3-7(13)12(20)21/h1,7-8H,3-6,13H2,(H,14,19)(H,15,16)(H,17,18)(H,20,21). The maximum atomic E-state index is 11.7. The first-order valence-corrected chi connectivity index (χ1v) is 7.11. The molecule has 0 fully saturated rings. The summed E-state index contributed by atoms with van der Waals surface area (Å²) >= 11 is 0.936. The molecule has 2 amide bonds. The predicted octanol–water partition coefficient (Wildman–Crippen LogP) is -1.81. The zero-order valence-electron chi connectivity index (χ0n) is 11.6. The first kappa shape index (κ1) is 19.8. The topological polar surface area (TPSA) is 159 Å². The number of aliphatic carboxylic acids is 2. The van der Waals surface area contributed by atoms with Gasteiger partial charge in [0.25, 0.3) is 0 Å². The monoisotopic (exact) mass is 331 g/mol. The molecule has 0 rings (SSSR count). The summed E-state index contributed by atoms with van der Waals surface area (Å²) < 4.78 is 0. The summed E-state index contributed by atoms with van der Waals surface area (Å²) in [6.45, 7) is -0.587. The fraction of sp³-hybridized carbons (Fsp3) is 0.500. The Labute approximate surface area is 131 Å². The lowest BCUT2D eigenvalue weighted by atomic mass is 10.1. The number of nitrogens with one attached hydrogen (secondary N) is 2. The number of amides is 2. The highest BCUT2D eigenvalue weighted by Crippen LogP contribution is 2.02. The number of terminal acetylenes is 1. The number of rotatable bonds is 10. The fourth-order valence-corrected chi connectivity index (χ4v) is 1.77. The molecule has 2 atom stereocenters. The third-order valence-electron chi connectivity index (χ3n) is 2.40. The summed E-state index contributed by atoms with van der Waals surface area (Å²) in [5, 5.41) is 23.8. The van der Waals surface area contributed by atoms with Crippen LogP contribution in [0.2, 0.25) is 0 Å². The molecule has 0 aromatic heterocycles. The number of hydrogen-bond acceptors (Lipinski definition) is 6. The Bertz CT molecular complexity index is 476. The van der Waals surface area contributed by atoms with Gasteiger partial charge >= 0.3 is 11.9 Å². The molecule has 10 heteroatoms. The van der Waals surface area contributed by atoms with E-state index < -0.39 is 42.4 Å². The molecule has 0 saturated heterocycles. The van der Waals surface area contributed by atoms with Crippen LogP contribution in [-0.2, 0) is 19.2 Å². The molecule has 0 aliphatic heterocycles. The summed E-state index contributed by atoms with van der Waals surface area (Å²) in [7, 11) is 0. The van der Waals surface area contributed by atoms with Gasteiger partial charge in [-0.05, 0) is 11.7 Å². The van der Waals surface area contributed by atoms with Crippen LogP contribution in [0.25, 0.3) is 0 Å². The Morgan fingerprint density at radius 3 is 2.41 bits per heavy atom. The van der Waals surface area contributed by atoms with Gasteiger partial charge in [-0.15, -0.1) is 6.42 Å². The maximum Gasteiger partial charge on any atom is 0.322 e. The number of hydrogen-bond donors (Lipinski definition) is 5. The van der Waals surface area contributed by atoms with Gasteiger partial charge in [0.2, 0.25) is 11.8 Å². The van der Waals surface area contributed by atoms with Crippen molar-refractivity contribution >= 4 is 35.5 Å². The van der Waals surface area contributed by atoms with E-state index in [4.69, 9.17) is 22.4 Å². The van der Waals surface area contributed by atoms with Crippen LogP contribution in [0.5, 0.6) is 0 Å². The van der Waals surface area contributed by atoms with E-state index in [1.807, 2.05) is 0 Å². The Kier molecular flexibility index (Phi) is 9.40. The van der Waals surface area contributed by atoms with Gasteiger partial charge in [0, 0.05) is 12.2 Å². The number of carbonyl (C=O) groups excluding carboxylic acids is 2. The summed E-state index contributed by atoms with van der Waals surface area (Å²) in [5.41, 5.74) is 5.26. The van der Waals surface area contributed by atoms with Gasteiger partial charge in [-0.1, -0.05) is 11.8 Å². The van der Waals surface area contributed by atoms with Crippen molar-refractivity contribution in [2.45, 2.75) is 24.9 Å². The largest absolute Gasteiger partial charge is 0.480 e. The van der Waals surface area contributed by atoms with Crippen molar-refractivity contribution in [3.05, 3.63) is 0 Å². The van der Waals surface area contributed by atoms with Crippen molar-refractivity contribution < 1.29 is 29.4 Å². The fourth-order valence-electron chi connectivity index (χ4n) is 1.28. The zero-order valence-corrected chi connectivity index (χ0v) is 12.4. The molecule has 122 valence electrons. The van der Waals surface area contributed by atoms with Crippen LogP contribution in [-0.4, -0.2) is 58.3 Å². The molecule has 0 aromatic rings. The highest BCUT2D eigenvalue weighted by Gasteiger charge is 2.22. The lowest BCUT2D eigenvalue weighted by Crippen LogP contribution is -2.49. The molecule has 0 aliphatic carbocycles. The molecule has 0 aromatic carbocycles. The minimum Gasteiger partial charge on any atom is -0.480 e. The van der Waals surface area contributed by atoms with E-state index in [2.05, 4.69) is 15.9 Å². The Hall–Kier alpha value is -2.25. The first-order valence-electron chi connectivity index (χ1n) is 6.12. The van der Waals surface area contributed by atoms with Crippen LogP contribution in [0.15, 0.2) is 0 Å². The van der Waals surface area contributed by atoms with Gasteiger partial charge < -0.3 is 26.6 Å². The molecular weight excluding hydrogens is 314 g/mol. The van der Waals surface area contributed by atoms with Crippen LogP contribution in [0, 0.1) is 11.7 Å². The molecule has 0 bridgehead atoms. The highest BCUT2D eigenvalue weighted by molar-refractivity contribution is 8.03. The SMILES string of the molecule is C#CSCC(NC(=O)CCC(N)C(=O)O)C(=O)NCC(=O)O. The van der Waals surface area contributed by atoms with E-state index in [9.17, 15) is 19.2 Å². The molecular formula is C12H17N3O6S. The van der Waals surface area contributed by atoms with Crippen molar-refractivity contribution in [1.29, 1.82) is 0 Å². The van der Waals surface area contributed by atoms with Crippen LogP contribution in [0.3, 0.4) is 0 Å². The van der Waals surface area contributed by atoms with Crippen molar-refractivity contribution in [1.82, 2.24) is 10.6 Å². The Morgan fingerprint density at radius 1 is 1.27 bits per heavy atom. The van der Waals surface area contributed by atoms with Gasteiger partial charge in [0.1, 0.15) is 18.6 Å². The van der Waals surface area contributed by atoms with Crippen molar-refractivity contribution in [3.63, 3.8) is 0 Å². The van der Waals surface area contributed by atoms with E-state index in [0.717, 1.165) is 11.8 Å². The van der Waals surface area contributed by atoms with Crippen LogP contribution < -0.4 is 16.4 Å². The van der Waals surface area contributed by atoms with Crippen LogP contribution in [0.4, 0.5) is 0 Å². The second-order valence-corrected chi connectivity index (χ2v) is 5.00. The van der Waals surface area contributed by atoms with Crippen molar-refractivity contribution in [3.8, 4) is 11.7 Å². The summed E-state index contributed by atoms with van der Waals surface area (Å²) in [4.78, 5) is 44.3. The number of carboxylic acid groups (broad SMARTS) is 2. The minimum atomic E-state index is -1.23. The minimum absolute atomic E-state index is 0.0542. The number of carboxylic acids is 2. The number of nitrogens with two attached hydrogens (primary N) is 1. The van der Waals surface area contributed by atoms with Crippen LogP contribution in [0.1, 0.15) is 12.8 Å². The van der Waals surface area contributed by atoms with Crippen molar-refractivity contribution in [2.75, 3.05) is 12.3 Å². The smallest absolute Gasteiger partial charge is 0.322 e. The van der Waals surface area contributed by atoms with E-state index in [1.54, 1.807) is 0 Å². The van der Waals surface area contributed by atoms with Crippen LogP contribution >= 0.6 is 11.8 Å². The molecule has 0 aliphatic rings. The maximum absolute atomic E-state index is 11.7. The normalized spacial score (nSPS) is 12.5. The second-order valence-electron chi connectivity index (χ2n) is 4.14. The lowest BCUT2D eigenvalue weighted by Gasteiger charge is -2.17. The van der Waals surface area contributed by atoms with Gasteiger partial charge in [-0.3, -0.25) is 19.2 Å². The van der Waals surface area contributed by atoms with Gasteiger partial charge in [-0.2, -0.15) is 0 Å². The molecule has 22 heavy (non-hydrogen) atoms. The van der Waals surface area contributed by atoms with Crippen molar-refractivity contribution in [2.24, 2.45) is 5.73 Å².